The van der Waals surface area contributed by atoms with Gasteiger partial charge in [0.15, 0.2) is 17.8 Å². The molecule has 0 aliphatic rings. The van der Waals surface area contributed by atoms with E-state index in [9.17, 15) is 4.79 Å². The van der Waals surface area contributed by atoms with Gasteiger partial charge in [0, 0.05) is 18.1 Å². The summed E-state index contributed by atoms with van der Waals surface area (Å²) >= 11 is 1.16. The molecule has 0 radical (unpaired) electrons. The number of nitrogens with zero attached hydrogens (tertiary/aromatic N) is 2. The Labute approximate surface area is 255 Å². The molecule has 0 spiro atoms. The average molecular weight is 626 g/mol. The minimum absolute atomic E-state index is 0.0605. The van der Waals surface area contributed by atoms with Crippen molar-refractivity contribution in [3.05, 3.63) is 51.8 Å². The van der Waals surface area contributed by atoms with Crippen molar-refractivity contribution in [1.82, 2.24) is 15.0 Å². The van der Waals surface area contributed by atoms with E-state index in [0.717, 1.165) is 11.8 Å². The molecular formula is C32H37F2N3O4SSi. The molecule has 11 heteroatoms. The molecule has 0 saturated heterocycles. The maximum atomic E-state index is 16.5. The molecule has 0 atom stereocenters. The second-order valence-corrected chi connectivity index (χ2v) is 17.6. The highest BCUT2D eigenvalue weighted by Gasteiger charge is 2.41. The largest absolute Gasteiger partial charge is 0.480 e. The molecule has 0 aliphatic heterocycles. The Morgan fingerprint density at radius 3 is 2.26 bits per heavy atom. The van der Waals surface area contributed by atoms with E-state index >= 15 is 8.78 Å². The number of pyridine rings is 1. The minimum atomic E-state index is -2.25. The molecule has 43 heavy (non-hydrogen) atoms. The molecule has 0 amide bonds. The molecule has 4 aromatic rings. The predicted molar refractivity (Wildman–Crippen MR) is 172 cm³/mol. The highest BCUT2D eigenvalue weighted by atomic mass is 32.2. The summed E-state index contributed by atoms with van der Waals surface area (Å²) in [7, 11) is 0.573. The smallest absolute Gasteiger partial charge is 0.265 e. The van der Waals surface area contributed by atoms with Crippen molar-refractivity contribution in [3.63, 3.8) is 0 Å². The number of hydrogen-bond acceptors (Lipinski definition) is 7. The van der Waals surface area contributed by atoms with Crippen LogP contribution in [0.4, 0.5) is 8.78 Å². The number of thioether (sulfide) groups is 1. The van der Waals surface area contributed by atoms with Gasteiger partial charge in [-0.3, -0.25) is 4.79 Å². The first-order valence-corrected chi connectivity index (χ1v) is 17.5. The van der Waals surface area contributed by atoms with Crippen molar-refractivity contribution in [2.24, 2.45) is 0 Å². The quantitative estimate of drug-likeness (QED) is 0.0671. The fourth-order valence-corrected chi connectivity index (χ4v) is 11.7. The molecule has 0 aliphatic carbocycles. The lowest BCUT2D eigenvalue weighted by molar-refractivity contribution is 0.0512. The maximum absolute atomic E-state index is 16.5. The zero-order valence-electron chi connectivity index (χ0n) is 25.9. The van der Waals surface area contributed by atoms with E-state index in [2.05, 4.69) is 68.0 Å². The van der Waals surface area contributed by atoms with Gasteiger partial charge in [-0.15, -0.1) is 5.54 Å². The average Bonchev–Trinajstić information content (AvgIpc) is 2.96. The first-order valence-electron chi connectivity index (χ1n) is 14.0. The number of ether oxygens (including phenoxy) is 3. The Kier molecular flexibility index (Phi) is 9.84. The number of aromatic amines is 1. The van der Waals surface area contributed by atoms with Crippen LogP contribution >= 0.6 is 11.8 Å². The van der Waals surface area contributed by atoms with E-state index in [1.54, 1.807) is 24.5 Å². The van der Waals surface area contributed by atoms with E-state index in [-0.39, 0.29) is 45.6 Å². The Hall–Kier alpha value is -3.46. The topological polar surface area (TPSA) is 86.3 Å². The molecular weight excluding hydrogens is 589 g/mol. The van der Waals surface area contributed by atoms with Gasteiger partial charge in [-0.2, -0.15) is 0 Å². The molecule has 2 aromatic heterocycles. The lowest BCUT2D eigenvalue weighted by Crippen LogP contribution is -2.43. The molecule has 1 N–H and O–H groups in total. The number of nitrogens with one attached hydrogen (secondary N) is 1. The summed E-state index contributed by atoms with van der Waals surface area (Å²) in [6.07, 6.45) is 1.72. The highest BCUT2D eigenvalue weighted by molar-refractivity contribution is 7.98. The van der Waals surface area contributed by atoms with E-state index < -0.39 is 25.3 Å². The fraction of sp³-hybridized carbons (Fsp3) is 0.406. The van der Waals surface area contributed by atoms with Crippen LogP contribution in [0.1, 0.15) is 47.1 Å². The minimum Gasteiger partial charge on any atom is -0.480 e. The van der Waals surface area contributed by atoms with Crippen LogP contribution in [0.25, 0.3) is 32.9 Å². The van der Waals surface area contributed by atoms with Gasteiger partial charge in [-0.25, -0.2) is 18.7 Å². The number of halogens is 2. The third-order valence-corrected chi connectivity index (χ3v) is 14.9. The fourth-order valence-electron chi connectivity index (χ4n) is 6.09. The van der Waals surface area contributed by atoms with Gasteiger partial charge in [0.05, 0.1) is 12.7 Å². The zero-order valence-corrected chi connectivity index (χ0v) is 27.8. The van der Waals surface area contributed by atoms with E-state index in [0.29, 0.717) is 33.1 Å². The Bertz CT molecular complexity index is 1780. The SMILES string of the molecule is COCOc1cc(-c2nc(OC)c3c(=O)[nH]c(SC)nc3c2F)c2c(C#C[Si](C(C)C)(C(C)C)C(C)C)c(F)ccc2c1. The molecule has 4 rings (SSSR count). The van der Waals surface area contributed by atoms with Crippen molar-refractivity contribution in [2.45, 2.75) is 63.3 Å². The third-order valence-electron chi connectivity index (χ3n) is 8.04. The highest BCUT2D eigenvalue weighted by Crippen LogP contribution is 2.42. The maximum Gasteiger partial charge on any atom is 0.265 e. The zero-order chi connectivity index (χ0) is 31.6. The van der Waals surface area contributed by atoms with Crippen LogP contribution in [-0.2, 0) is 4.74 Å². The van der Waals surface area contributed by atoms with Crippen LogP contribution in [0.3, 0.4) is 0 Å². The number of benzene rings is 2. The van der Waals surface area contributed by atoms with Crippen LogP contribution < -0.4 is 15.0 Å². The van der Waals surface area contributed by atoms with Gasteiger partial charge in [-0.05, 0) is 46.5 Å². The van der Waals surface area contributed by atoms with E-state index in [4.69, 9.17) is 14.2 Å². The van der Waals surface area contributed by atoms with Crippen molar-refractivity contribution in [2.75, 3.05) is 27.3 Å². The Morgan fingerprint density at radius 2 is 1.67 bits per heavy atom. The molecule has 0 saturated carbocycles. The van der Waals surface area contributed by atoms with Gasteiger partial charge < -0.3 is 19.2 Å². The number of hydrogen-bond donors (Lipinski definition) is 1. The van der Waals surface area contributed by atoms with Gasteiger partial charge in [0.2, 0.25) is 5.88 Å². The second kappa shape index (κ2) is 13.0. The summed E-state index contributed by atoms with van der Waals surface area (Å²) in [5.41, 5.74) is 3.98. The number of methoxy groups -OCH3 is 2. The molecule has 2 aromatic carbocycles. The lowest BCUT2D eigenvalue weighted by atomic mass is 9.95. The van der Waals surface area contributed by atoms with Gasteiger partial charge in [0.1, 0.15) is 36.2 Å². The third kappa shape index (κ3) is 5.88. The van der Waals surface area contributed by atoms with E-state index in [1.807, 2.05) is 0 Å². The standard InChI is InChI=1S/C32H37F2N3O4SSi/c1-17(2)43(18(3)4,19(5)6)13-12-22-24(33)11-10-20-14-21(41-16-39-7)15-23(25(20)22)28-27(34)29-26(31(35-28)40-8)30(38)37-32(36-29)42-9/h10-11,14-15,17-19H,16H2,1-9H3,(H,36,37,38). The number of rotatable bonds is 9. The summed E-state index contributed by atoms with van der Waals surface area (Å²) in [4.78, 5) is 24.2. The van der Waals surface area contributed by atoms with Crippen LogP contribution in [0, 0.1) is 23.1 Å². The lowest BCUT2D eigenvalue weighted by Gasteiger charge is -2.38. The van der Waals surface area contributed by atoms with E-state index in [1.165, 1.54) is 20.3 Å². The monoisotopic (exact) mass is 625 g/mol. The number of H-pyrrole nitrogens is 1. The normalized spacial score (nSPS) is 12.0. The van der Waals surface area contributed by atoms with Gasteiger partial charge in [0.25, 0.3) is 5.56 Å². The van der Waals surface area contributed by atoms with Crippen LogP contribution in [-0.4, -0.2) is 50.3 Å². The van der Waals surface area contributed by atoms with Gasteiger partial charge in [-0.1, -0.05) is 65.3 Å². The molecule has 228 valence electrons. The van der Waals surface area contributed by atoms with Crippen molar-refractivity contribution < 1.29 is 23.0 Å². The molecule has 0 fully saturated rings. The molecule has 2 heterocycles. The summed E-state index contributed by atoms with van der Waals surface area (Å²) in [6.45, 7) is 13.0. The first kappa shape index (κ1) is 32.5. The summed E-state index contributed by atoms with van der Waals surface area (Å²) in [6, 6.07) is 6.26. The van der Waals surface area contributed by atoms with Crippen LogP contribution in [0.15, 0.2) is 34.2 Å². The summed E-state index contributed by atoms with van der Waals surface area (Å²) in [5, 5.41) is 1.06. The summed E-state index contributed by atoms with van der Waals surface area (Å²) < 4.78 is 48.6. The molecule has 7 nitrogen and oxygen atoms in total. The molecule has 0 bridgehead atoms. The summed E-state index contributed by atoms with van der Waals surface area (Å²) in [5.74, 6) is 2.11. The number of fused-ring (bicyclic) bond motifs is 2. The number of aromatic nitrogens is 3. The second-order valence-electron chi connectivity index (χ2n) is 11.3. The predicted octanol–water partition coefficient (Wildman–Crippen LogP) is 7.70. The Morgan fingerprint density at radius 1 is 1.00 bits per heavy atom. The van der Waals surface area contributed by atoms with Crippen molar-refractivity contribution in [1.29, 1.82) is 0 Å². The first-order chi connectivity index (χ1) is 20.4. The Balaban J connectivity index is 2.17. The van der Waals surface area contributed by atoms with Gasteiger partial charge >= 0.3 is 0 Å². The van der Waals surface area contributed by atoms with Crippen molar-refractivity contribution in [3.8, 4) is 34.4 Å². The van der Waals surface area contributed by atoms with Crippen LogP contribution in [0.2, 0.25) is 16.6 Å². The van der Waals surface area contributed by atoms with Crippen molar-refractivity contribution >= 4 is 41.5 Å². The van der Waals surface area contributed by atoms with Crippen LogP contribution in [0.5, 0.6) is 11.6 Å². The molecule has 0 unspecified atom stereocenters.